The van der Waals surface area contributed by atoms with Gasteiger partial charge in [0.25, 0.3) is 0 Å². The number of carbonyl (C=O) groups excluding carboxylic acids is 1. The maximum absolute atomic E-state index is 10.7. The maximum atomic E-state index is 10.7. The molecule has 0 radical (unpaired) electrons. The van der Waals surface area contributed by atoms with E-state index in [9.17, 15) is 4.79 Å². The molecule has 1 unspecified atom stereocenters. The third kappa shape index (κ3) is 1.18. The second-order valence-electron chi connectivity index (χ2n) is 3.18. The van der Waals surface area contributed by atoms with Gasteiger partial charge in [-0.15, -0.1) is 11.3 Å². The van der Waals surface area contributed by atoms with E-state index >= 15 is 0 Å². The zero-order chi connectivity index (χ0) is 8.55. The van der Waals surface area contributed by atoms with Gasteiger partial charge >= 0.3 is 0 Å². The van der Waals surface area contributed by atoms with E-state index in [1.165, 1.54) is 4.88 Å². The topological polar surface area (TPSA) is 30.0 Å². The van der Waals surface area contributed by atoms with Crippen LogP contribution in [0, 0.1) is 6.92 Å². The number of thiazole rings is 1. The van der Waals surface area contributed by atoms with Gasteiger partial charge in [-0.05, 0) is 26.2 Å². The number of aryl methyl sites for hydroxylation is 2. The number of aldehydes is 1. The number of fused-ring (bicyclic) bond motifs is 1. The van der Waals surface area contributed by atoms with Crippen LogP contribution in [0.25, 0.3) is 0 Å². The van der Waals surface area contributed by atoms with Gasteiger partial charge in [0.15, 0.2) is 0 Å². The monoisotopic (exact) mass is 181 g/mol. The lowest BCUT2D eigenvalue weighted by atomic mass is 9.92. The number of carbonyl (C=O) groups is 1. The van der Waals surface area contributed by atoms with Crippen molar-refractivity contribution in [2.45, 2.75) is 32.1 Å². The smallest absolute Gasteiger partial charge is 0.129 e. The van der Waals surface area contributed by atoms with E-state index < -0.39 is 0 Å². The van der Waals surface area contributed by atoms with Gasteiger partial charge in [-0.25, -0.2) is 4.98 Å². The normalized spacial score (nSPS) is 21.9. The van der Waals surface area contributed by atoms with E-state index in [2.05, 4.69) is 4.98 Å². The van der Waals surface area contributed by atoms with Crippen LogP contribution in [0.15, 0.2) is 0 Å². The number of hydrogen-bond donors (Lipinski definition) is 0. The van der Waals surface area contributed by atoms with E-state index in [1.807, 2.05) is 6.92 Å². The van der Waals surface area contributed by atoms with Crippen molar-refractivity contribution in [3.63, 3.8) is 0 Å². The summed E-state index contributed by atoms with van der Waals surface area (Å²) in [5.74, 6) is 0.0821. The molecule has 1 aliphatic rings. The predicted octanol–water partition coefficient (Wildman–Crippen LogP) is 2.07. The molecule has 0 aromatic carbocycles. The molecule has 64 valence electrons. The Morgan fingerprint density at radius 2 is 2.50 bits per heavy atom. The lowest BCUT2D eigenvalue weighted by molar-refractivity contribution is -0.109. The van der Waals surface area contributed by atoms with Gasteiger partial charge in [0.1, 0.15) is 6.29 Å². The first-order valence-electron chi connectivity index (χ1n) is 4.22. The molecule has 0 amide bonds. The summed E-state index contributed by atoms with van der Waals surface area (Å²) in [4.78, 5) is 16.4. The highest BCUT2D eigenvalue weighted by atomic mass is 32.1. The Morgan fingerprint density at radius 3 is 3.25 bits per heavy atom. The van der Waals surface area contributed by atoms with Gasteiger partial charge in [0.05, 0.1) is 16.6 Å². The minimum atomic E-state index is 0.0821. The van der Waals surface area contributed by atoms with Crippen molar-refractivity contribution in [3.05, 3.63) is 15.6 Å². The third-order valence-corrected chi connectivity index (χ3v) is 3.32. The third-order valence-electron chi connectivity index (χ3n) is 2.27. The number of aromatic nitrogens is 1. The molecule has 2 nitrogen and oxygen atoms in total. The van der Waals surface area contributed by atoms with Gasteiger partial charge in [-0.2, -0.15) is 0 Å². The zero-order valence-corrected chi connectivity index (χ0v) is 7.86. The van der Waals surface area contributed by atoms with Gasteiger partial charge in [0.2, 0.25) is 0 Å². The van der Waals surface area contributed by atoms with E-state index in [-0.39, 0.29) is 5.92 Å². The average Bonchev–Trinajstić information content (AvgIpc) is 2.44. The Morgan fingerprint density at radius 1 is 1.67 bits per heavy atom. The summed E-state index contributed by atoms with van der Waals surface area (Å²) in [5.41, 5.74) is 1.05. The molecular weight excluding hydrogens is 170 g/mol. The highest BCUT2D eigenvalue weighted by Crippen LogP contribution is 2.33. The fourth-order valence-electron chi connectivity index (χ4n) is 1.71. The number of nitrogens with zero attached hydrogens (tertiary/aromatic N) is 1. The molecule has 0 aliphatic heterocycles. The maximum Gasteiger partial charge on any atom is 0.129 e. The molecular formula is C9H11NOS. The molecule has 0 spiro atoms. The van der Waals surface area contributed by atoms with Crippen molar-refractivity contribution >= 4 is 17.6 Å². The fourth-order valence-corrected chi connectivity index (χ4v) is 2.75. The van der Waals surface area contributed by atoms with E-state index in [0.29, 0.717) is 0 Å². The summed E-state index contributed by atoms with van der Waals surface area (Å²) < 4.78 is 0. The lowest BCUT2D eigenvalue weighted by Crippen LogP contribution is -2.09. The van der Waals surface area contributed by atoms with Crippen LogP contribution in [-0.4, -0.2) is 11.3 Å². The van der Waals surface area contributed by atoms with Crippen molar-refractivity contribution in [2.75, 3.05) is 0 Å². The van der Waals surface area contributed by atoms with E-state index in [0.717, 1.165) is 36.3 Å². The first-order chi connectivity index (χ1) is 5.81. The van der Waals surface area contributed by atoms with Gasteiger partial charge in [0, 0.05) is 4.88 Å². The lowest BCUT2D eigenvalue weighted by Gasteiger charge is -2.14. The molecule has 0 bridgehead atoms. The first kappa shape index (κ1) is 7.92. The van der Waals surface area contributed by atoms with Crippen LogP contribution in [0.3, 0.4) is 0 Å². The summed E-state index contributed by atoms with van der Waals surface area (Å²) >= 11 is 1.74. The predicted molar refractivity (Wildman–Crippen MR) is 48.6 cm³/mol. The molecule has 1 aliphatic carbocycles. The van der Waals surface area contributed by atoms with Crippen LogP contribution in [0.4, 0.5) is 0 Å². The Hall–Kier alpha value is -0.700. The molecule has 0 saturated heterocycles. The Bertz CT molecular complexity index is 305. The standard InChI is InChI=1S/C9H11NOS/c1-6-10-9-7(5-11)3-2-4-8(9)12-6/h5,7H,2-4H2,1H3. The summed E-state index contributed by atoms with van der Waals surface area (Å²) in [6, 6.07) is 0. The van der Waals surface area contributed by atoms with E-state index in [1.54, 1.807) is 11.3 Å². The summed E-state index contributed by atoms with van der Waals surface area (Å²) in [6.45, 7) is 2.00. The number of hydrogen-bond acceptors (Lipinski definition) is 3. The fraction of sp³-hybridized carbons (Fsp3) is 0.556. The molecule has 3 heteroatoms. The first-order valence-corrected chi connectivity index (χ1v) is 5.04. The second-order valence-corrected chi connectivity index (χ2v) is 4.46. The molecule has 0 fully saturated rings. The van der Waals surface area contributed by atoms with Crippen LogP contribution in [-0.2, 0) is 11.2 Å². The largest absolute Gasteiger partial charge is 0.303 e. The Kier molecular flexibility index (Phi) is 1.97. The second kappa shape index (κ2) is 2.98. The zero-order valence-electron chi connectivity index (χ0n) is 7.04. The van der Waals surface area contributed by atoms with Crippen molar-refractivity contribution in [1.29, 1.82) is 0 Å². The molecule has 1 atom stereocenters. The molecule has 1 aromatic heterocycles. The highest BCUT2D eigenvalue weighted by Gasteiger charge is 2.22. The Balaban J connectivity index is 2.43. The van der Waals surface area contributed by atoms with Crippen molar-refractivity contribution in [3.8, 4) is 0 Å². The van der Waals surface area contributed by atoms with Crippen LogP contribution < -0.4 is 0 Å². The Labute approximate surface area is 75.6 Å². The summed E-state index contributed by atoms with van der Waals surface area (Å²) in [5, 5.41) is 1.09. The minimum Gasteiger partial charge on any atom is -0.303 e. The van der Waals surface area contributed by atoms with Crippen LogP contribution in [0.1, 0.15) is 34.3 Å². The van der Waals surface area contributed by atoms with Gasteiger partial charge in [-0.1, -0.05) is 0 Å². The van der Waals surface area contributed by atoms with Crippen molar-refractivity contribution in [2.24, 2.45) is 0 Å². The van der Waals surface area contributed by atoms with Gasteiger partial charge in [-0.3, -0.25) is 0 Å². The molecule has 12 heavy (non-hydrogen) atoms. The molecule has 0 saturated carbocycles. The van der Waals surface area contributed by atoms with E-state index in [4.69, 9.17) is 0 Å². The molecule has 1 aromatic rings. The quantitative estimate of drug-likeness (QED) is 0.621. The molecule has 2 rings (SSSR count). The SMILES string of the molecule is Cc1nc2c(s1)CCCC2C=O. The summed E-state index contributed by atoms with van der Waals surface area (Å²) in [6.07, 6.45) is 4.28. The van der Waals surface area contributed by atoms with Crippen molar-refractivity contribution in [1.82, 2.24) is 4.98 Å². The minimum absolute atomic E-state index is 0.0821. The van der Waals surface area contributed by atoms with Crippen LogP contribution >= 0.6 is 11.3 Å². The summed E-state index contributed by atoms with van der Waals surface area (Å²) in [7, 11) is 0. The molecule has 1 heterocycles. The van der Waals surface area contributed by atoms with Gasteiger partial charge < -0.3 is 4.79 Å². The highest BCUT2D eigenvalue weighted by molar-refractivity contribution is 7.11. The van der Waals surface area contributed by atoms with Crippen LogP contribution in [0.2, 0.25) is 0 Å². The average molecular weight is 181 g/mol. The van der Waals surface area contributed by atoms with Crippen molar-refractivity contribution < 1.29 is 4.79 Å². The number of rotatable bonds is 1. The molecule has 0 N–H and O–H groups in total. The van der Waals surface area contributed by atoms with Crippen LogP contribution in [0.5, 0.6) is 0 Å².